The summed E-state index contributed by atoms with van der Waals surface area (Å²) in [6, 6.07) is 22.2. The number of imidazole rings is 1. The van der Waals surface area contributed by atoms with Gasteiger partial charge in [-0.1, -0.05) is 66.2 Å². The Morgan fingerprint density at radius 3 is 2.30 bits per heavy atom. The quantitative estimate of drug-likeness (QED) is 0.454. The number of aromatic nitrogens is 2. The number of halogens is 1. The van der Waals surface area contributed by atoms with E-state index in [1.807, 2.05) is 24.3 Å². The Labute approximate surface area is 195 Å². The second kappa shape index (κ2) is 8.30. The van der Waals surface area contributed by atoms with Crippen molar-refractivity contribution in [2.45, 2.75) is 24.8 Å². The second-order valence-corrected chi connectivity index (χ2v) is 8.53. The van der Waals surface area contributed by atoms with Crippen LogP contribution in [-0.2, 0) is 4.79 Å². The van der Waals surface area contributed by atoms with Gasteiger partial charge in [0.15, 0.2) is 5.78 Å². The highest BCUT2D eigenvalue weighted by atomic mass is 35.5. The number of carbonyl (C=O) groups excluding carboxylic acids is 3. The van der Waals surface area contributed by atoms with Crippen LogP contribution in [0.3, 0.4) is 0 Å². The third-order valence-corrected chi connectivity index (χ3v) is 6.28. The fraction of sp³-hybridized carbons (Fsp3) is 0.154. The zero-order valence-corrected chi connectivity index (χ0v) is 18.5. The average Bonchev–Trinajstić information content (AvgIpc) is 3.21. The molecule has 0 fully saturated rings. The van der Waals surface area contributed by atoms with Gasteiger partial charge in [-0.25, -0.2) is 4.98 Å². The average molecular weight is 458 g/mol. The summed E-state index contributed by atoms with van der Waals surface area (Å²) in [5, 5.41) is 3.34. The molecule has 4 aromatic rings. The Morgan fingerprint density at radius 1 is 0.939 bits per heavy atom. The van der Waals surface area contributed by atoms with E-state index in [1.165, 1.54) is 11.5 Å². The van der Waals surface area contributed by atoms with Gasteiger partial charge < -0.3 is 5.32 Å². The summed E-state index contributed by atoms with van der Waals surface area (Å²) in [6.45, 7) is 1.36. The standard InChI is InChI=1S/C26H20ClN3O3/c1-15(31)28-23-21(16-11-13-18(27)14-12-16)22(24(32)17-7-3-2-4-8-17)25-29-19-9-5-6-10-20(19)30(25)26(23)33/h2-14,21-23H,1H3,(H,28,31)/t21-,22+,23-/m0/s1. The molecule has 164 valence electrons. The van der Waals surface area contributed by atoms with Crippen LogP contribution in [-0.4, -0.2) is 33.2 Å². The van der Waals surface area contributed by atoms with Gasteiger partial charge in [0.1, 0.15) is 11.9 Å². The zero-order chi connectivity index (χ0) is 23.1. The Hall–Kier alpha value is -3.77. The summed E-state index contributed by atoms with van der Waals surface area (Å²) in [6.07, 6.45) is 0. The van der Waals surface area contributed by atoms with Gasteiger partial charge in [0.25, 0.3) is 5.91 Å². The number of amides is 1. The molecular weight excluding hydrogens is 438 g/mol. The van der Waals surface area contributed by atoms with Gasteiger partial charge in [0.05, 0.1) is 17.0 Å². The van der Waals surface area contributed by atoms with Crippen molar-refractivity contribution in [1.29, 1.82) is 0 Å². The predicted molar refractivity (Wildman–Crippen MR) is 126 cm³/mol. The first kappa shape index (κ1) is 21.1. The Kier molecular flexibility index (Phi) is 5.30. The van der Waals surface area contributed by atoms with E-state index in [4.69, 9.17) is 16.6 Å². The molecule has 1 aliphatic heterocycles. The molecule has 3 aromatic carbocycles. The van der Waals surface area contributed by atoms with Gasteiger partial charge in [-0.2, -0.15) is 0 Å². The first-order chi connectivity index (χ1) is 16.0. The molecule has 6 nitrogen and oxygen atoms in total. The minimum Gasteiger partial charge on any atom is -0.344 e. The third kappa shape index (κ3) is 3.62. The summed E-state index contributed by atoms with van der Waals surface area (Å²) in [4.78, 5) is 44.6. The lowest BCUT2D eigenvalue weighted by Gasteiger charge is -2.37. The van der Waals surface area contributed by atoms with Crippen LogP contribution in [0.25, 0.3) is 11.0 Å². The maximum atomic E-state index is 13.9. The van der Waals surface area contributed by atoms with E-state index in [2.05, 4.69) is 5.32 Å². The minimum absolute atomic E-state index is 0.171. The second-order valence-electron chi connectivity index (χ2n) is 8.10. The number of hydrogen-bond donors (Lipinski definition) is 1. The van der Waals surface area contributed by atoms with E-state index in [9.17, 15) is 14.4 Å². The van der Waals surface area contributed by atoms with E-state index in [1.54, 1.807) is 54.6 Å². The molecular formula is C26H20ClN3O3. The molecule has 0 saturated carbocycles. The topological polar surface area (TPSA) is 81.1 Å². The molecule has 1 aromatic heterocycles. The van der Waals surface area contributed by atoms with E-state index < -0.39 is 17.9 Å². The van der Waals surface area contributed by atoms with Crippen LogP contribution >= 0.6 is 11.6 Å². The zero-order valence-electron chi connectivity index (χ0n) is 17.7. The van der Waals surface area contributed by atoms with Gasteiger partial charge >= 0.3 is 0 Å². The van der Waals surface area contributed by atoms with Crippen LogP contribution < -0.4 is 5.32 Å². The van der Waals surface area contributed by atoms with Crippen LogP contribution in [0.1, 0.15) is 45.3 Å². The van der Waals surface area contributed by atoms with Gasteiger partial charge in [0, 0.05) is 23.4 Å². The molecule has 2 heterocycles. The molecule has 3 atom stereocenters. The summed E-state index contributed by atoms with van der Waals surface area (Å²) in [5.41, 5.74) is 2.45. The van der Waals surface area contributed by atoms with E-state index in [-0.39, 0.29) is 17.6 Å². The molecule has 7 heteroatoms. The molecule has 33 heavy (non-hydrogen) atoms. The number of rotatable bonds is 4. The van der Waals surface area contributed by atoms with Crippen LogP contribution in [0.2, 0.25) is 5.02 Å². The minimum atomic E-state index is -0.952. The van der Waals surface area contributed by atoms with E-state index in [0.29, 0.717) is 27.4 Å². The van der Waals surface area contributed by atoms with Gasteiger partial charge in [-0.3, -0.25) is 19.0 Å². The molecule has 1 N–H and O–H groups in total. The molecule has 0 unspecified atom stereocenters. The van der Waals surface area contributed by atoms with E-state index >= 15 is 0 Å². The number of ketones is 1. The summed E-state index contributed by atoms with van der Waals surface area (Å²) in [5.74, 6) is -1.94. The van der Waals surface area contributed by atoms with Gasteiger partial charge in [-0.15, -0.1) is 0 Å². The normalized spacial score (nSPS) is 19.8. The Balaban J connectivity index is 1.79. The van der Waals surface area contributed by atoms with Crippen LogP contribution in [0, 0.1) is 0 Å². The summed E-state index contributed by atoms with van der Waals surface area (Å²) in [7, 11) is 0. The number of benzene rings is 3. The summed E-state index contributed by atoms with van der Waals surface area (Å²) >= 11 is 6.11. The molecule has 0 radical (unpaired) electrons. The maximum Gasteiger partial charge on any atom is 0.255 e. The number of nitrogens with one attached hydrogen (secondary N) is 1. The monoisotopic (exact) mass is 457 g/mol. The third-order valence-electron chi connectivity index (χ3n) is 6.02. The highest BCUT2D eigenvalue weighted by Gasteiger charge is 2.48. The highest BCUT2D eigenvalue weighted by Crippen LogP contribution is 2.43. The fourth-order valence-corrected chi connectivity index (χ4v) is 4.76. The summed E-state index contributed by atoms with van der Waals surface area (Å²) < 4.78 is 1.48. The highest BCUT2D eigenvalue weighted by molar-refractivity contribution is 6.30. The lowest BCUT2D eigenvalue weighted by Crippen LogP contribution is -2.53. The number of para-hydroxylation sites is 2. The molecule has 0 saturated heterocycles. The van der Waals surface area contributed by atoms with Crippen LogP contribution in [0.5, 0.6) is 0 Å². The van der Waals surface area contributed by atoms with Crippen LogP contribution in [0.4, 0.5) is 0 Å². The van der Waals surface area contributed by atoms with Gasteiger partial charge in [0.2, 0.25) is 5.91 Å². The SMILES string of the molecule is CC(=O)N[C@@H]1C(=O)n2c(nc3ccccc32)[C@@H](C(=O)c2ccccc2)[C@@H]1c1ccc(Cl)cc1. The Bertz CT molecular complexity index is 1380. The molecule has 1 amide bonds. The Morgan fingerprint density at radius 2 is 1.61 bits per heavy atom. The van der Waals surface area contributed by atoms with Gasteiger partial charge in [-0.05, 0) is 29.8 Å². The largest absolute Gasteiger partial charge is 0.344 e. The number of nitrogens with zero attached hydrogens (tertiary/aromatic N) is 2. The first-order valence-corrected chi connectivity index (χ1v) is 11.0. The van der Waals surface area contributed by atoms with Crippen molar-refractivity contribution in [1.82, 2.24) is 14.9 Å². The van der Waals surface area contributed by atoms with Crippen molar-refractivity contribution in [3.8, 4) is 0 Å². The van der Waals surface area contributed by atoms with Crippen molar-refractivity contribution in [3.05, 3.63) is 101 Å². The molecule has 0 bridgehead atoms. The number of hydrogen-bond acceptors (Lipinski definition) is 4. The predicted octanol–water partition coefficient (Wildman–Crippen LogP) is 4.60. The molecule has 1 aliphatic rings. The molecule has 0 spiro atoms. The smallest absolute Gasteiger partial charge is 0.255 e. The van der Waals surface area contributed by atoms with Crippen molar-refractivity contribution in [3.63, 3.8) is 0 Å². The van der Waals surface area contributed by atoms with Crippen molar-refractivity contribution >= 4 is 40.2 Å². The van der Waals surface area contributed by atoms with Crippen molar-refractivity contribution in [2.75, 3.05) is 0 Å². The lowest BCUT2D eigenvalue weighted by atomic mass is 9.74. The lowest BCUT2D eigenvalue weighted by molar-refractivity contribution is -0.119. The first-order valence-electron chi connectivity index (χ1n) is 10.6. The van der Waals surface area contributed by atoms with E-state index in [0.717, 1.165) is 5.56 Å². The van der Waals surface area contributed by atoms with Crippen LogP contribution in [0.15, 0.2) is 78.9 Å². The maximum absolute atomic E-state index is 13.9. The molecule has 5 rings (SSSR count). The number of Topliss-reactive ketones (excluding diaryl/α,β-unsaturated/α-hetero) is 1. The van der Waals surface area contributed by atoms with Crippen molar-refractivity contribution < 1.29 is 14.4 Å². The number of carbonyl (C=O) groups is 3. The molecule has 0 aliphatic carbocycles. The van der Waals surface area contributed by atoms with Crippen molar-refractivity contribution in [2.24, 2.45) is 0 Å². The number of fused-ring (bicyclic) bond motifs is 3. The fourth-order valence-electron chi connectivity index (χ4n) is 4.63.